The Hall–Kier alpha value is -1.20. The first kappa shape index (κ1) is 14.2. The Bertz CT molecular complexity index is 404. The fourth-order valence-electron chi connectivity index (χ4n) is 2.45. The number of rotatable bonds is 5. The molecule has 1 N–H and O–H groups in total. The second-order valence-electron chi connectivity index (χ2n) is 5.27. The summed E-state index contributed by atoms with van der Waals surface area (Å²) in [4.78, 5) is 11.2. The second-order valence-corrected chi connectivity index (χ2v) is 5.27. The zero-order chi connectivity index (χ0) is 13.7. The van der Waals surface area contributed by atoms with Crippen LogP contribution in [-0.2, 0) is 11.3 Å². The first-order chi connectivity index (χ1) is 9.20. The van der Waals surface area contributed by atoms with E-state index in [1.54, 1.807) is 0 Å². The van der Waals surface area contributed by atoms with Gasteiger partial charge in [0.2, 0.25) is 5.95 Å². The molecule has 0 amide bonds. The van der Waals surface area contributed by atoms with E-state index in [1.165, 1.54) is 12.8 Å². The van der Waals surface area contributed by atoms with Gasteiger partial charge in [0.15, 0.2) is 0 Å². The van der Waals surface area contributed by atoms with E-state index in [1.807, 2.05) is 20.2 Å². The van der Waals surface area contributed by atoms with Crippen molar-refractivity contribution in [2.45, 2.75) is 26.3 Å². The van der Waals surface area contributed by atoms with Crippen molar-refractivity contribution >= 4 is 5.95 Å². The third-order valence-corrected chi connectivity index (χ3v) is 3.56. The molecule has 0 bridgehead atoms. The Kier molecular flexibility index (Phi) is 5.10. The van der Waals surface area contributed by atoms with Gasteiger partial charge >= 0.3 is 0 Å². The standard InChI is InChI=1S/C14H24N4O/c1-11-13(7-15-2)8-16-14(17-11)18(3)9-12-5-4-6-19-10-12/h8,12,15H,4-7,9-10H2,1-3H3. The minimum absolute atomic E-state index is 0.597. The third-order valence-electron chi connectivity index (χ3n) is 3.56. The van der Waals surface area contributed by atoms with Crippen LogP contribution in [0, 0.1) is 12.8 Å². The summed E-state index contributed by atoms with van der Waals surface area (Å²) < 4.78 is 5.52. The van der Waals surface area contributed by atoms with Crippen molar-refractivity contribution in [2.24, 2.45) is 5.92 Å². The Labute approximate surface area is 115 Å². The molecule has 19 heavy (non-hydrogen) atoms. The molecule has 1 unspecified atom stereocenters. The zero-order valence-corrected chi connectivity index (χ0v) is 12.1. The van der Waals surface area contributed by atoms with Gasteiger partial charge in [0.25, 0.3) is 0 Å². The van der Waals surface area contributed by atoms with E-state index in [2.05, 4.69) is 27.2 Å². The van der Waals surface area contributed by atoms with Gasteiger partial charge in [-0.25, -0.2) is 9.97 Å². The number of ether oxygens (including phenoxy) is 1. The maximum atomic E-state index is 5.52. The minimum atomic E-state index is 0.597. The lowest BCUT2D eigenvalue weighted by atomic mass is 10.0. The fourth-order valence-corrected chi connectivity index (χ4v) is 2.45. The monoisotopic (exact) mass is 264 g/mol. The molecule has 0 radical (unpaired) electrons. The van der Waals surface area contributed by atoms with Crippen LogP contribution in [-0.4, -0.2) is 43.8 Å². The Balaban J connectivity index is 1.98. The van der Waals surface area contributed by atoms with Crippen molar-refractivity contribution in [3.05, 3.63) is 17.5 Å². The van der Waals surface area contributed by atoms with Gasteiger partial charge in [0.05, 0.1) is 6.61 Å². The molecule has 1 fully saturated rings. The molecule has 5 nitrogen and oxygen atoms in total. The normalized spacial score (nSPS) is 19.4. The molecule has 106 valence electrons. The molecule has 5 heteroatoms. The minimum Gasteiger partial charge on any atom is -0.381 e. The van der Waals surface area contributed by atoms with Crippen LogP contribution in [0.3, 0.4) is 0 Å². The van der Waals surface area contributed by atoms with Gasteiger partial charge in [-0.05, 0) is 32.7 Å². The summed E-state index contributed by atoms with van der Waals surface area (Å²) in [6, 6.07) is 0. The van der Waals surface area contributed by atoms with Crippen LogP contribution in [0.15, 0.2) is 6.20 Å². The highest BCUT2D eigenvalue weighted by molar-refractivity contribution is 5.31. The van der Waals surface area contributed by atoms with Gasteiger partial charge in [-0.1, -0.05) is 0 Å². The highest BCUT2D eigenvalue weighted by Crippen LogP contribution is 2.17. The van der Waals surface area contributed by atoms with Gasteiger partial charge in [0.1, 0.15) is 0 Å². The molecule has 1 aromatic rings. The Morgan fingerprint density at radius 2 is 2.37 bits per heavy atom. The van der Waals surface area contributed by atoms with Crippen molar-refractivity contribution < 1.29 is 4.74 Å². The highest BCUT2D eigenvalue weighted by Gasteiger charge is 2.17. The van der Waals surface area contributed by atoms with E-state index in [-0.39, 0.29) is 0 Å². The molecule has 1 aromatic heterocycles. The summed E-state index contributed by atoms with van der Waals surface area (Å²) in [6.07, 6.45) is 4.32. The van der Waals surface area contributed by atoms with Crippen LogP contribution >= 0.6 is 0 Å². The predicted molar refractivity (Wildman–Crippen MR) is 76.3 cm³/mol. The smallest absolute Gasteiger partial charge is 0.225 e. The van der Waals surface area contributed by atoms with Crippen molar-refractivity contribution in [2.75, 3.05) is 38.8 Å². The molecule has 0 aliphatic carbocycles. The van der Waals surface area contributed by atoms with Crippen molar-refractivity contribution in [1.29, 1.82) is 0 Å². The molecule has 1 saturated heterocycles. The number of hydrogen-bond donors (Lipinski definition) is 1. The summed E-state index contributed by atoms with van der Waals surface area (Å²) in [5, 5.41) is 3.13. The van der Waals surface area contributed by atoms with Gasteiger partial charge < -0.3 is 15.0 Å². The van der Waals surface area contributed by atoms with E-state index in [0.29, 0.717) is 5.92 Å². The number of anilines is 1. The average Bonchev–Trinajstić information content (AvgIpc) is 2.42. The molecule has 0 saturated carbocycles. The topological polar surface area (TPSA) is 50.3 Å². The highest BCUT2D eigenvalue weighted by atomic mass is 16.5. The molecule has 1 aliphatic rings. The SMILES string of the molecule is CNCc1cnc(N(C)CC2CCCOC2)nc1C. The molecular formula is C14H24N4O. The number of aryl methyl sites for hydroxylation is 1. The van der Waals surface area contributed by atoms with Crippen molar-refractivity contribution in [3.63, 3.8) is 0 Å². The molecule has 2 rings (SSSR count). The quantitative estimate of drug-likeness (QED) is 0.870. The van der Waals surface area contributed by atoms with E-state index < -0.39 is 0 Å². The van der Waals surface area contributed by atoms with Crippen molar-refractivity contribution in [1.82, 2.24) is 15.3 Å². The second kappa shape index (κ2) is 6.82. The maximum Gasteiger partial charge on any atom is 0.225 e. The molecule has 1 aliphatic heterocycles. The van der Waals surface area contributed by atoms with E-state index in [4.69, 9.17) is 4.74 Å². The largest absolute Gasteiger partial charge is 0.381 e. The van der Waals surface area contributed by atoms with Crippen LogP contribution < -0.4 is 10.2 Å². The van der Waals surface area contributed by atoms with E-state index >= 15 is 0 Å². The third kappa shape index (κ3) is 3.88. The van der Waals surface area contributed by atoms with Gasteiger partial charge in [-0.2, -0.15) is 0 Å². The first-order valence-corrected chi connectivity index (χ1v) is 6.96. The van der Waals surface area contributed by atoms with Gasteiger partial charge in [-0.15, -0.1) is 0 Å². The van der Waals surface area contributed by atoms with Gasteiger partial charge in [0, 0.05) is 44.2 Å². The average molecular weight is 264 g/mol. The zero-order valence-electron chi connectivity index (χ0n) is 12.1. The molecule has 0 aromatic carbocycles. The number of nitrogens with zero attached hydrogens (tertiary/aromatic N) is 3. The molecular weight excluding hydrogens is 240 g/mol. The lowest BCUT2D eigenvalue weighted by Crippen LogP contribution is -2.32. The maximum absolute atomic E-state index is 5.52. The summed E-state index contributed by atoms with van der Waals surface area (Å²) in [5.74, 6) is 1.41. The number of aromatic nitrogens is 2. The molecule has 1 atom stereocenters. The van der Waals surface area contributed by atoms with Crippen LogP contribution in [0.2, 0.25) is 0 Å². The lowest BCUT2D eigenvalue weighted by Gasteiger charge is -2.27. The van der Waals surface area contributed by atoms with Crippen LogP contribution in [0.25, 0.3) is 0 Å². The number of nitrogens with one attached hydrogen (secondary N) is 1. The van der Waals surface area contributed by atoms with E-state index in [0.717, 1.165) is 43.5 Å². The van der Waals surface area contributed by atoms with Crippen LogP contribution in [0.4, 0.5) is 5.95 Å². The summed E-state index contributed by atoms with van der Waals surface area (Å²) >= 11 is 0. The first-order valence-electron chi connectivity index (χ1n) is 6.96. The fraction of sp³-hybridized carbons (Fsp3) is 0.714. The summed E-state index contributed by atoms with van der Waals surface area (Å²) in [7, 11) is 3.99. The summed E-state index contributed by atoms with van der Waals surface area (Å²) in [5.41, 5.74) is 2.20. The lowest BCUT2D eigenvalue weighted by molar-refractivity contribution is 0.0575. The predicted octanol–water partition coefficient (Wildman–Crippen LogP) is 1.37. The van der Waals surface area contributed by atoms with E-state index in [9.17, 15) is 0 Å². The van der Waals surface area contributed by atoms with Crippen LogP contribution in [0.1, 0.15) is 24.1 Å². The number of hydrogen-bond acceptors (Lipinski definition) is 5. The molecule has 0 spiro atoms. The van der Waals surface area contributed by atoms with Crippen LogP contribution in [0.5, 0.6) is 0 Å². The Morgan fingerprint density at radius 1 is 1.53 bits per heavy atom. The Morgan fingerprint density at radius 3 is 3.00 bits per heavy atom. The van der Waals surface area contributed by atoms with Gasteiger partial charge in [-0.3, -0.25) is 0 Å². The van der Waals surface area contributed by atoms with Crippen molar-refractivity contribution in [3.8, 4) is 0 Å². The summed E-state index contributed by atoms with van der Waals surface area (Å²) in [6.45, 7) is 5.59. The molecule has 2 heterocycles.